The molecule has 0 radical (unpaired) electrons. The van der Waals surface area contributed by atoms with Crippen LogP contribution in [0.25, 0.3) is 11.0 Å². The summed E-state index contributed by atoms with van der Waals surface area (Å²) in [6.45, 7) is 4.08. The number of nitrogens with zero attached hydrogens (tertiary/aromatic N) is 3. The smallest absolute Gasteiger partial charge is 0.270 e. The van der Waals surface area contributed by atoms with E-state index in [1.54, 1.807) is 26.2 Å². The largest absolute Gasteiger partial charge is 0.383 e. The molecule has 4 aromatic rings. The van der Waals surface area contributed by atoms with Crippen molar-refractivity contribution >= 4 is 40.4 Å². The summed E-state index contributed by atoms with van der Waals surface area (Å²) in [5, 5.41) is 11.0. The Hall–Kier alpha value is -4.22. The second-order valence-corrected chi connectivity index (χ2v) is 14.0. The Morgan fingerprint density at radius 2 is 1.91 bits per heavy atom. The Morgan fingerprint density at radius 1 is 1.17 bits per heavy atom. The van der Waals surface area contributed by atoms with Gasteiger partial charge in [0.25, 0.3) is 5.91 Å². The van der Waals surface area contributed by atoms with Crippen LogP contribution < -0.4 is 16.4 Å². The van der Waals surface area contributed by atoms with Gasteiger partial charge in [0.15, 0.2) is 0 Å². The number of nitrogens with two attached hydrogens (primary N) is 1. The van der Waals surface area contributed by atoms with Crippen LogP contribution in [0.15, 0.2) is 54.7 Å². The quantitative estimate of drug-likeness (QED) is 0.163. The number of halogens is 1. The Bertz CT molecular complexity index is 1810. The van der Waals surface area contributed by atoms with Crippen LogP contribution in [-0.4, -0.2) is 57.2 Å². The number of hydrogen-bond acceptors (Lipinski definition) is 6. The summed E-state index contributed by atoms with van der Waals surface area (Å²) >= 11 is 6.81. The minimum atomic E-state index is -1.13. The molecule has 47 heavy (non-hydrogen) atoms. The van der Waals surface area contributed by atoms with E-state index in [1.165, 1.54) is 11.8 Å². The first-order valence-corrected chi connectivity index (χ1v) is 16.5. The molecule has 0 saturated heterocycles. The molecule has 0 aliphatic heterocycles. The van der Waals surface area contributed by atoms with E-state index in [2.05, 4.69) is 27.6 Å². The van der Waals surface area contributed by atoms with Crippen molar-refractivity contribution in [3.63, 3.8) is 0 Å². The second kappa shape index (κ2) is 12.8. The number of imidazole rings is 1. The highest BCUT2D eigenvalue weighted by Gasteiger charge is 2.51. The molecular weight excluding hydrogens is 618 g/mol. The summed E-state index contributed by atoms with van der Waals surface area (Å²) in [5.74, 6) is -0.730. The lowest BCUT2D eigenvalue weighted by Gasteiger charge is -2.35. The SMILES string of the molecule is COCC(C)(C(=O)N[C@@H](C(N)=O)C1CCC1)c1ccc2[nH]c([C@@H](NC(=O)c3ccnn3C)[C@H](c3ccccc3Cl)C3(C)CC3)nc2c1. The van der Waals surface area contributed by atoms with E-state index in [1.807, 2.05) is 42.5 Å². The van der Waals surface area contributed by atoms with Gasteiger partial charge in [0.05, 0.1) is 29.1 Å². The molecule has 2 fully saturated rings. The van der Waals surface area contributed by atoms with Crippen molar-refractivity contribution in [2.24, 2.45) is 24.1 Å². The summed E-state index contributed by atoms with van der Waals surface area (Å²) in [6, 6.07) is 13.7. The van der Waals surface area contributed by atoms with Gasteiger partial charge in [-0.2, -0.15) is 5.10 Å². The number of primary amides is 1. The number of rotatable bonds is 13. The maximum absolute atomic E-state index is 13.8. The van der Waals surface area contributed by atoms with Gasteiger partial charge in [-0.3, -0.25) is 19.1 Å². The minimum Gasteiger partial charge on any atom is -0.383 e. The molecule has 5 N–H and O–H groups in total. The molecule has 12 heteroatoms. The molecule has 4 atom stereocenters. The molecule has 1 unspecified atom stereocenters. The molecule has 0 bridgehead atoms. The molecular formula is C35H42ClN7O4. The van der Waals surface area contributed by atoms with Crippen molar-refractivity contribution in [2.75, 3.05) is 13.7 Å². The van der Waals surface area contributed by atoms with Gasteiger partial charge in [-0.15, -0.1) is 0 Å². The maximum Gasteiger partial charge on any atom is 0.270 e. The summed E-state index contributed by atoms with van der Waals surface area (Å²) < 4.78 is 7.07. The molecule has 2 aliphatic carbocycles. The molecule has 2 heterocycles. The molecule has 2 aliphatic rings. The van der Waals surface area contributed by atoms with Crippen molar-refractivity contribution < 1.29 is 19.1 Å². The number of H-pyrrole nitrogens is 1. The Kier molecular flexibility index (Phi) is 8.88. The summed E-state index contributed by atoms with van der Waals surface area (Å²) in [4.78, 5) is 48.3. The molecule has 248 valence electrons. The summed E-state index contributed by atoms with van der Waals surface area (Å²) in [6.07, 6.45) is 6.25. The van der Waals surface area contributed by atoms with Crippen LogP contribution >= 0.6 is 11.6 Å². The highest BCUT2D eigenvalue weighted by atomic mass is 35.5. The normalized spacial score (nSPS) is 18.8. The van der Waals surface area contributed by atoms with Crippen molar-refractivity contribution in [1.29, 1.82) is 0 Å². The van der Waals surface area contributed by atoms with Crippen LogP contribution in [0.1, 0.15) is 85.4 Å². The first kappa shape index (κ1) is 32.7. The fraction of sp³-hybridized carbons (Fsp3) is 0.457. The number of aromatic amines is 1. The molecule has 6 rings (SSSR count). The molecule has 11 nitrogen and oxygen atoms in total. The second-order valence-electron chi connectivity index (χ2n) is 13.6. The topological polar surface area (TPSA) is 157 Å². The minimum absolute atomic E-state index is 0.0394. The molecule has 2 aromatic heterocycles. The fourth-order valence-corrected chi connectivity index (χ4v) is 7.15. The van der Waals surface area contributed by atoms with Gasteiger partial charge in [0.1, 0.15) is 17.6 Å². The lowest BCUT2D eigenvalue weighted by molar-refractivity contribution is -0.134. The van der Waals surface area contributed by atoms with Gasteiger partial charge in [-0.25, -0.2) is 4.98 Å². The highest BCUT2D eigenvalue weighted by molar-refractivity contribution is 6.31. The lowest BCUT2D eigenvalue weighted by atomic mass is 9.77. The van der Waals surface area contributed by atoms with E-state index >= 15 is 0 Å². The molecule has 3 amide bonds. The number of carbonyl (C=O) groups is 3. The van der Waals surface area contributed by atoms with Gasteiger partial charge in [-0.05, 0) is 79.3 Å². The number of carbonyl (C=O) groups excluding carboxylic acids is 3. The van der Waals surface area contributed by atoms with E-state index in [9.17, 15) is 14.4 Å². The van der Waals surface area contributed by atoms with Crippen LogP contribution in [0.4, 0.5) is 0 Å². The first-order valence-electron chi connectivity index (χ1n) is 16.1. The number of hydrogen-bond donors (Lipinski definition) is 4. The third-order valence-electron chi connectivity index (χ3n) is 10.3. The van der Waals surface area contributed by atoms with Crippen molar-refractivity contribution in [3.8, 4) is 0 Å². The maximum atomic E-state index is 13.8. The number of nitrogens with one attached hydrogen (secondary N) is 3. The Balaban J connectivity index is 1.40. The number of benzene rings is 2. The van der Waals surface area contributed by atoms with Gasteiger partial charge >= 0.3 is 0 Å². The van der Waals surface area contributed by atoms with E-state index in [-0.39, 0.29) is 35.7 Å². The molecule has 0 spiro atoms. The Morgan fingerprint density at radius 3 is 2.51 bits per heavy atom. The monoisotopic (exact) mass is 659 g/mol. The molecule has 2 saturated carbocycles. The van der Waals surface area contributed by atoms with Crippen LogP contribution in [0.3, 0.4) is 0 Å². The van der Waals surface area contributed by atoms with E-state index in [4.69, 9.17) is 27.1 Å². The number of amides is 3. The summed E-state index contributed by atoms with van der Waals surface area (Å²) in [7, 11) is 3.27. The summed E-state index contributed by atoms with van der Waals surface area (Å²) in [5.41, 5.74) is 7.84. The average Bonchev–Trinajstić information content (AvgIpc) is 3.39. The zero-order chi connectivity index (χ0) is 33.5. The van der Waals surface area contributed by atoms with Crippen LogP contribution in [0.5, 0.6) is 0 Å². The predicted molar refractivity (Wildman–Crippen MR) is 179 cm³/mol. The number of fused-ring (bicyclic) bond motifs is 1. The predicted octanol–water partition coefficient (Wildman–Crippen LogP) is 4.68. The van der Waals surface area contributed by atoms with Crippen molar-refractivity contribution in [2.45, 2.75) is 69.4 Å². The first-order chi connectivity index (χ1) is 22.4. The van der Waals surface area contributed by atoms with Gasteiger partial charge < -0.3 is 26.1 Å². The standard InChI is InChI=1S/C35H42ClN7O4/c1-34(15-16-34)27(22-10-5-6-11-23(22)36)29(41-32(45)26-14-17-38-43(26)3)31-39-24-13-12-21(18-25(24)40-31)35(2,19-47-4)33(46)42-28(30(37)44)20-8-7-9-20/h5-6,10-14,17-18,20,27-29H,7-9,15-16,19H2,1-4H3,(H2,37,44)(H,39,40)(H,41,45)(H,42,46)/t27-,28+,29-,35?/m0/s1. The van der Waals surface area contributed by atoms with Gasteiger partial charge in [0, 0.05) is 31.3 Å². The van der Waals surface area contributed by atoms with Crippen LogP contribution in [-0.2, 0) is 26.8 Å². The zero-order valence-corrected chi connectivity index (χ0v) is 27.9. The number of ether oxygens (including phenoxy) is 1. The fourth-order valence-electron chi connectivity index (χ4n) is 6.89. The number of aromatic nitrogens is 4. The van der Waals surface area contributed by atoms with Gasteiger partial charge in [0.2, 0.25) is 11.8 Å². The molecule has 2 aromatic carbocycles. The van der Waals surface area contributed by atoms with Gasteiger partial charge in [-0.1, -0.05) is 49.2 Å². The zero-order valence-electron chi connectivity index (χ0n) is 27.2. The van der Waals surface area contributed by atoms with Crippen LogP contribution in [0, 0.1) is 11.3 Å². The van der Waals surface area contributed by atoms with E-state index in [0.717, 1.165) is 43.2 Å². The lowest BCUT2D eigenvalue weighted by Crippen LogP contribution is -2.56. The third kappa shape index (κ3) is 6.26. The van der Waals surface area contributed by atoms with Crippen molar-refractivity contribution in [1.82, 2.24) is 30.4 Å². The van der Waals surface area contributed by atoms with Crippen LogP contribution in [0.2, 0.25) is 5.02 Å². The highest BCUT2D eigenvalue weighted by Crippen LogP contribution is 2.60. The average molecular weight is 660 g/mol. The van der Waals surface area contributed by atoms with Crippen molar-refractivity contribution in [3.05, 3.63) is 82.4 Å². The Labute approximate surface area is 279 Å². The number of methoxy groups -OCH3 is 1. The van der Waals surface area contributed by atoms with E-state index in [0.29, 0.717) is 27.6 Å². The number of aryl methyl sites for hydroxylation is 1. The third-order valence-corrected chi connectivity index (χ3v) is 10.6. The van der Waals surface area contributed by atoms with E-state index < -0.39 is 23.4 Å².